The van der Waals surface area contributed by atoms with E-state index >= 15 is 0 Å². The predicted molar refractivity (Wildman–Crippen MR) is 75.2 cm³/mol. The zero-order valence-corrected chi connectivity index (χ0v) is 12.9. The summed E-state index contributed by atoms with van der Waals surface area (Å²) in [7, 11) is 1.36. The Morgan fingerprint density at radius 2 is 1.90 bits per heavy atom. The Hall–Kier alpha value is -1.30. The molecule has 20 heavy (non-hydrogen) atoms. The van der Waals surface area contributed by atoms with E-state index in [4.69, 9.17) is 10.5 Å². The van der Waals surface area contributed by atoms with Crippen LogP contribution in [0, 0.1) is 0 Å². The van der Waals surface area contributed by atoms with Gasteiger partial charge in [-0.25, -0.2) is 4.79 Å². The van der Waals surface area contributed by atoms with Gasteiger partial charge < -0.3 is 20.1 Å². The summed E-state index contributed by atoms with van der Waals surface area (Å²) in [5.74, 6) is -0.307. The summed E-state index contributed by atoms with van der Waals surface area (Å²) in [5.41, 5.74) is 5.15. The van der Waals surface area contributed by atoms with Crippen LogP contribution in [0.2, 0.25) is 0 Å². The monoisotopic (exact) mass is 286 g/mol. The second kappa shape index (κ2) is 6.43. The highest BCUT2D eigenvalue weighted by atomic mass is 16.6. The number of hydrogen-bond donors (Lipinski definition) is 1. The third-order valence-corrected chi connectivity index (χ3v) is 3.36. The maximum absolute atomic E-state index is 12.0. The highest BCUT2D eigenvalue weighted by Gasteiger charge is 2.33. The Balaban J connectivity index is 2.58. The standard InChI is InChI=1S/C14H26N2O4/c1-13(2,3)20-12(18)16-8-5-6-14(15,7-9-16)10-11(17)19-4/h5-10,15H2,1-4H3. The lowest BCUT2D eigenvalue weighted by Crippen LogP contribution is -2.44. The van der Waals surface area contributed by atoms with Crippen LogP contribution >= 0.6 is 0 Å². The maximum atomic E-state index is 12.0. The van der Waals surface area contributed by atoms with E-state index < -0.39 is 11.1 Å². The van der Waals surface area contributed by atoms with Crippen LogP contribution in [0.3, 0.4) is 0 Å². The zero-order valence-electron chi connectivity index (χ0n) is 12.9. The zero-order chi connectivity index (χ0) is 15.4. The molecule has 6 nitrogen and oxygen atoms in total. The molecule has 1 aliphatic heterocycles. The van der Waals surface area contributed by atoms with Gasteiger partial charge in [-0.15, -0.1) is 0 Å². The summed E-state index contributed by atoms with van der Waals surface area (Å²) in [6, 6.07) is 0. The third-order valence-electron chi connectivity index (χ3n) is 3.36. The average Bonchev–Trinajstić information content (AvgIpc) is 2.49. The minimum Gasteiger partial charge on any atom is -0.469 e. The minimum absolute atomic E-state index is 0.186. The second-order valence-corrected chi connectivity index (χ2v) is 6.44. The van der Waals surface area contributed by atoms with Gasteiger partial charge in [0, 0.05) is 18.6 Å². The average molecular weight is 286 g/mol. The first-order chi connectivity index (χ1) is 9.15. The molecule has 0 aromatic rings. The molecule has 1 unspecified atom stereocenters. The van der Waals surface area contributed by atoms with E-state index in [-0.39, 0.29) is 18.5 Å². The van der Waals surface area contributed by atoms with Crippen molar-refractivity contribution in [2.75, 3.05) is 20.2 Å². The summed E-state index contributed by atoms with van der Waals surface area (Å²) in [5, 5.41) is 0. The maximum Gasteiger partial charge on any atom is 0.410 e. The summed E-state index contributed by atoms with van der Waals surface area (Å²) < 4.78 is 10.0. The molecule has 0 bridgehead atoms. The van der Waals surface area contributed by atoms with Gasteiger partial charge >= 0.3 is 12.1 Å². The van der Waals surface area contributed by atoms with Crippen LogP contribution in [0.25, 0.3) is 0 Å². The van der Waals surface area contributed by atoms with Crippen LogP contribution in [-0.4, -0.2) is 48.3 Å². The number of carbonyl (C=O) groups is 2. The number of hydrogen-bond acceptors (Lipinski definition) is 5. The topological polar surface area (TPSA) is 81.9 Å². The fourth-order valence-corrected chi connectivity index (χ4v) is 2.26. The van der Waals surface area contributed by atoms with Gasteiger partial charge in [-0.1, -0.05) is 0 Å². The van der Waals surface area contributed by atoms with E-state index in [9.17, 15) is 9.59 Å². The molecule has 2 N–H and O–H groups in total. The molecule has 0 radical (unpaired) electrons. The first-order valence-corrected chi connectivity index (χ1v) is 6.99. The fraction of sp³-hybridized carbons (Fsp3) is 0.857. The quantitative estimate of drug-likeness (QED) is 0.781. The van der Waals surface area contributed by atoms with Gasteiger partial charge in [0.25, 0.3) is 0 Å². The van der Waals surface area contributed by atoms with Gasteiger partial charge in [0.15, 0.2) is 0 Å². The molecular formula is C14H26N2O4. The molecule has 6 heteroatoms. The molecule has 0 saturated carbocycles. The van der Waals surface area contributed by atoms with E-state index in [1.165, 1.54) is 7.11 Å². The number of nitrogens with zero attached hydrogens (tertiary/aromatic N) is 1. The molecule has 0 aromatic heterocycles. The van der Waals surface area contributed by atoms with E-state index in [1.807, 2.05) is 20.8 Å². The molecule has 0 aromatic carbocycles. The number of nitrogens with two attached hydrogens (primary N) is 1. The number of ether oxygens (including phenoxy) is 2. The Morgan fingerprint density at radius 3 is 2.45 bits per heavy atom. The Morgan fingerprint density at radius 1 is 1.25 bits per heavy atom. The molecule has 116 valence electrons. The van der Waals surface area contributed by atoms with Crippen molar-refractivity contribution in [1.82, 2.24) is 4.90 Å². The van der Waals surface area contributed by atoms with Crippen LogP contribution in [-0.2, 0) is 14.3 Å². The minimum atomic E-state index is -0.593. The van der Waals surface area contributed by atoms with Gasteiger partial charge in [-0.05, 0) is 40.0 Å². The lowest BCUT2D eigenvalue weighted by atomic mass is 9.88. The van der Waals surface area contributed by atoms with Gasteiger partial charge in [-0.3, -0.25) is 4.79 Å². The number of amides is 1. The molecule has 1 aliphatic rings. The van der Waals surface area contributed by atoms with Crippen molar-refractivity contribution in [2.45, 2.75) is 57.6 Å². The Bertz CT molecular complexity index is 365. The normalized spacial score (nSPS) is 23.9. The molecule has 0 spiro atoms. The van der Waals surface area contributed by atoms with Crippen molar-refractivity contribution in [3.8, 4) is 0 Å². The van der Waals surface area contributed by atoms with Gasteiger partial charge in [0.2, 0.25) is 0 Å². The summed E-state index contributed by atoms with van der Waals surface area (Å²) in [6.45, 7) is 6.63. The van der Waals surface area contributed by atoms with Gasteiger partial charge in [-0.2, -0.15) is 0 Å². The number of rotatable bonds is 2. The lowest BCUT2D eigenvalue weighted by molar-refractivity contribution is -0.142. The van der Waals surface area contributed by atoms with E-state index in [2.05, 4.69) is 4.74 Å². The highest BCUT2D eigenvalue weighted by Crippen LogP contribution is 2.24. The van der Waals surface area contributed by atoms with E-state index in [0.29, 0.717) is 25.9 Å². The molecule has 1 atom stereocenters. The van der Waals surface area contributed by atoms with Crippen LogP contribution in [0.5, 0.6) is 0 Å². The second-order valence-electron chi connectivity index (χ2n) is 6.44. The lowest BCUT2D eigenvalue weighted by Gasteiger charge is -2.28. The first kappa shape index (κ1) is 16.8. The third kappa shape index (κ3) is 5.36. The molecule has 0 aliphatic carbocycles. The van der Waals surface area contributed by atoms with E-state index in [0.717, 1.165) is 6.42 Å². The number of carbonyl (C=O) groups excluding carboxylic acids is 2. The molecule has 1 rings (SSSR count). The SMILES string of the molecule is COC(=O)CC1(N)CCCN(C(=O)OC(C)(C)C)CC1. The predicted octanol–water partition coefficient (Wildman–Crippen LogP) is 1.67. The van der Waals surface area contributed by atoms with Crippen LogP contribution < -0.4 is 5.73 Å². The van der Waals surface area contributed by atoms with Crippen molar-refractivity contribution in [1.29, 1.82) is 0 Å². The fourth-order valence-electron chi connectivity index (χ4n) is 2.26. The Labute approximate surface area is 120 Å². The van der Waals surface area contributed by atoms with Crippen molar-refractivity contribution >= 4 is 12.1 Å². The molecule has 1 heterocycles. The van der Waals surface area contributed by atoms with Crippen molar-refractivity contribution in [2.24, 2.45) is 5.73 Å². The van der Waals surface area contributed by atoms with Crippen molar-refractivity contribution in [3.63, 3.8) is 0 Å². The van der Waals surface area contributed by atoms with Crippen molar-refractivity contribution in [3.05, 3.63) is 0 Å². The van der Waals surface area contributed by atoms with Crippen LogP contribution in [0.4, 0.5) is 4.79 Å². The van der Waals surface area contributed by atoms with Crippen LogP contribution in [0.1, 0.15) is 46.5 Å². The van der Waals surface area contributed by atoms with Crippen LogP contribution in [0.15, 0.2) is 0 Å². The number of esters is 1. The number of likely N-dealkylation sites (tertiary alicyclic amines) is 1. The van der Waals surface area contributed by atoms with Gasteiger partial charge in [0.1, 0.15) is 5.60 Å². The Kier molecular flexibility index (Phi) is 5.39. The first-order valence-electron chi connectivity index (χ1n) is 6.99. The largest absolute Gasteiger partial charge is 0.469 e. The highest BCUT2D eigenvalue weighted by molar-refractivity contribution is 5.71. The smallest absolute Gasteiger partial charge is 0.410 e. The van der Waals surface area contributed by atoms with E-state index in [1.54, 1.807) is 4.90 Å². The van der Waals surface area contributed by atoms with Gasteiger partial charge in [0.05, 0.1) is 13.5 Å². The molecule has 1 fully saturated rings. The summed E-state index contributed by atoms with van der Waals surface area (Å²) >= 11 is 0. The molecule has 1 saturated heterocycles. The van der Waals surface area contributed by atoms with Crippen molar-refractivity contribution < 1.29 is 19.1 Å². The molecule has 1 amide bonds. The number of methoxy groups -OCH3 is 1. The summed E-state index contributed by atoms with van der Waals surface area (Å²) in [4.78, 5) is 25.1. The molecular weight excluding hydrogens is 260 g/mol. The summed E-state index contributed by atoms with van der Waals surface area (Å²) in [6.07, 6.45) is 1.89.